The van der Waals surface area contributed by atoms with Gasteiger partial charge in [-0.15, -0.1) is 0 Å². The first-order valence-electron chi connectivity index (χ1n) is 6.40. The fraction of sp³-hybridized carbons (Fsp3) is 1.00. The molecule has 0 bridgehead atoms. The molecule has 1 rings (SSSR count). The number of aliphatic hydroxyl groups excluding tert-OH is 1. The van der Waals surface area contributed by atoms with Crippen molar-refractivity contribution in [2.24, 2.45) is 0 Å². The van der Waals surface area contributed by atoms with Gasteiger partial charge in [-0.1, -0.05) is 6.92 Å². The predicted octanol–water partition coefficient (Wildman–Crippen LogP) is -0.0172. The highest BCUT2D eigenvalue weighted by Gasteiger charge is 2.25. The van der Waals surface area contributed by atoms with Crippen LogP contribution in [-0.2, 0) is 0 Å². The van der Waals surface area contributed by atoms with Crippen LogP contribution in [0.2, 0.25) is 0 Å². The summed E-state index contributed by atoms with van der Waals surface area (Å²) in [7, 11) is 4.29. The summed E-state index contributed by atoms with van der Waals surface area (Å²) in [5.41, 5.74) is 0. The van der Waals surface area contributed by atoms with Crippen molar-refractivity contribution >= 4 is 0 Å². The van der Waals surface area contributed by atoms with Crippen molar-refractivity contribution in [3.05, 3.63) is 0 Å². The molecule has 96 valence electrons. The Bertz CT molecular complexity index is 187. The Balaban J connectivity index is 2.25. The normalized spacial score (nSPS) is 24.2. The maximum Gasteiger partial charge on any atom is 0.0597 e. The average molecular weight is 229 g/mol. The van der Waals surface area contributed by atoms with E-state index >= 15 is 0 Å². The Morgan fingerprint density at radius 3 is 2.75 bits per heavy atom. The van der Waals surface area contributed by atoms with Gasteiger partial charge in [0.25, 0.3) is 0 Å². The summed E-state index contributed by atoms with van der Waals surface area (Å²) >= 11 is 0. The van der Waals surface area contributed by atoms with E-state index in [2.05, 4.69) is 36.1 Å². The minimum atomic E-state index is 0.237. The third kappa shape index (κ3) is 4.37. The molecule has 0 saturated carbocycles. The fourth-order valence-corrected chi connectivity index (χ4v) is 2.25. The monoisotopic (exact) mass is 229 g/mol. The molecule has 2 N–H and O–H groups in total. The van der Waals surface area contributed by atoms with Crippen molar-refractivity contribution in [2.75, 3.05) is 46.9 Å². The molecule has 0 amide bonds. The minimum Gasteiger partial charge on any atom is -0.395 e. The number of likely N-dealkylation sites (N-methyl/N-ethyl adjacent to an activating group) is 1. The van der Waals surface area contributed by atoms with E-state index in [9.17, 15) is 5.11 Å². The molecule has 1 saturated heterocycles. The lowest BCUT2D eigenvalue weighted by molar-refractivity contribution is 0.191. The van der Waals surface area contributed by atoms with Gasteiger partial charge < -0.3 is 20.2 Å². The molecule has 0 aromatic rings. The SMILES string of the molecule is CCCNC(CO)CN1CCC(N(C)C)C1. The average Bonchev–Trinajstić information content (AvgIpc) is 2.72. The zero-order valence-electron chi connectivity index (χ0n) is 10.9. The fourth-order valence-electron chi connectivity index (χ4n) is 2.25. The van der Waals surface area contributed by atoms with Crippen molar-refractivity contribution in [3.63, 3.8) is 0 Å². The first-order chi connectivity index (χ1) is 7.67. The van der Waals surface area contributed by atoms with Crippen molar-refractivity contribution in [1.29, 1.82) is 0 Å². The van der Waals surface area contributed by atoms with E-state index in [1.807, 2.05) is 0 Å². The smallest absolute Gasteiger partial charge is 0.0597 e. The second-order valence-corrected chi connectivity index (χ2v) is 5.00. The quantitative estimate of drug-likeness (QED) is 0.644. The third-order valence-electron chi connectivity index (χ3n) is 3.36. The van der Waals surface area contributed by atoms with E-state index in [0.717, 1.165) is 32.6 Å². The second kappa shape index (κ2) is 7.22. The number of likely N-dealkylation sites (tertiary alicyclic amines) is 1. The molecule has 0 aromatic heterocycles. The van der Waals surface area contributed by atoms with Crippen molar-refractivity contribution in [1.82, 2.24) is 15.1 Å². The van der Waals surface area contributed by atoms with Crippen LogP contribution in [0.4, 0.5) is 0 Å². The van der Waals surface area contributed by atoms with Crippen LogP contribution in [0.25, 0.3) is 0 Å². The second-order valence-electron chi connectivity index (χ2n) is 5.00. The minimum absolute atomic E-state index is 0.237. The molecule has 0 aliphatic carbocycles. The number of hydrogen-bond donors (Lipinski definition) is 2. The number of hydrogen-bond acceptors (Lipinski definition) is 4. The molecule has 0 spiro atoms. The molecule has 0 radical (unpaired) electrons. The summed E-state index contributed by atoms with van der Waals surface area (Å²) in [6.07, 6.45) is 2.37. The number of nitrogens with one attached hydrogen (secondary N) is 1. The van der Waals surface area contributed by atoms with E-state index in [4.69, 9.17) is 0 Å². The van der Waals surface area contributed by atoms with Gasteiger partial charge in [-0.05, 0) is 40.0 Å². The Morgan fingerprint density at radius 1 is 1.50 bits per heavy atom. The van der Waals surface area contributed by atoms with E-state index in [0.29, 0.717) is 6.04 Å². The Labute approximate surface area is 99.6 Å². The van der Waals surface area contributed by atoms with Gasteiger partial charge >= 0.3 is 0 Å². The lowest BCUT2D eigenvalue weighted by atomic mass is 10.2. The van der Waals surface area contributed by atoms with Crippen LogP contribution in [0, 0.1) is 0 Å². The summed E-state index contributed by atoms with van der Waals surface area (Å²) in [5.74, 6) is 0. The predicted molar refractivity (Wildman–Crippen MR) is 67.7 cm³/mol. The van der Waals surface area contributed by atoms with Crippen molar-refractivity contribution in [3.8, 4) is 0 Å². The molecule has 2 unspecified atom stereocenters. The molecule has 2 atom stereocenters. The van der Waals surface area contributed by atoms with Crippen LogP contribution in [-0.4, -0.2) is 73.9 Å². The van der Waals surface area contributed by atoms with Gasteiger partial charge in [0.05, 0.1) is 6.61 Å². The maximum atomic E-state index is 9.29. The molecule has 16 heavy (non-hydrogen) atoms. The largest absolute Gasteiger partial charge is 0.395 e. The van der Waals surface area contributed by atoms with Crippen LogP contribution in [0.3, 0.4) is 0 Å². The first-order valence-corrected chi connectivity index (χ1v) is 6.40. The Kier molecular flexibility index (Phi) is 6.28. The van der Waals surface area contributed by atoms with E-state index in [1.54, 1.807) is 0 Å². The summed E-state index contributed by atoms with van der Waals surface area (Å²) in [6, 6.07) is 0.923. The summed E-state index contributed by atoms with van der Waals surface area (Å²) < 4.78 is 0. The van der Waals surface area contributed by atoms with Gasteiger partial charge in [0.15, 0.2) is 0 Å². The van der Waals surface area contributed by atoms with Crippen LogP contribution < -0.4 is 5.32 Å². The molecule has 1 aliphatic rings. The van der Waals surface area contributed by atoms with E-state index < -0.39 is 0 Å². The topological polar surface area (TPSA) is 38.7 Å². The lowest BCUT2D eigenvalue weighted by Gasteiger charge is -2.24. The van der Waals surface area contributed by atoms with Crippen LogP contribution in [0.1, 0.15) is 19.8 Å². The van der Waals surface area contributed by atoms with Crippen LogP contribution in [0.5, 0.6) is 0 Å². The summed E-state index contributed by atoms with van der Waals surface area (Å²) in [5, 5.41) is 12.7. The van der Waals surface area contributed by atoms with Gasteiger partial charge in [0.1, 0.15) is 0 Å². The Hall–Kier alpha value is -0.160. The van der Waals surface area contributed by atoms with Crippen molar-refractivity contribution < 1.29 is 5.11 Å². The first kappa shape index (κ1) is 13.9. The molecule has 1 aliphatic heterocycles. The van der Waals surface area contributed by atoms with E-state index in [-0.39, 0.29) is 12.6 Å². The van der Waals surface area contributed by atoms with E-state index in [1.165, 1.54) is 6.42 Å². The Morgan fingerprint density at radius 2 is 2.25 bits per heavy atom. The molecule has 1 fully saturated rings. The number of nitrogens with zero attached hydrogens (tertiary/aromatic N) is 2. The maximum absolute atomic E-state index is 9.29. The summed E-state index contributed by atoms with van der Waals surface area (Å²) in [4.78, 5) is 4.75. The molecule has 1 heterocycles. The highest BCUT2D eigenvalue weighted by atomic mass is 16.3. The standard InChI is InChI=1S/C12H27N3O/c1-4-6-13-11(10-16)8-15-7-5-12(9-15)14(2)3/h11-13,16H,4-10H2,1-3H3. The number of aliphatic hydroxyl groups is 1. The van der Waals surface area contributed by atoms with Gasteiger partial charge in [-0.2, -0.15) is 0 Å². The van der Waals surface area contributed by atoms with Crippen LogP contribution >= 0.6 is 0 Å². The zero-order valence-corrected chi connectivity index (χ0v) is 10.9. The molecule has 0 aromatic carbocycles. The van der Waals surface area contributed by atoms with Gasteiger partial charge in [0, 0.05) is 25.2 Å². The van der Waals surface area contributed by atoms with Crippen molar-refractivity contribution in [2.45, 2.75) is 31.8 Å². The van der Waals surface area contributed by atoms with Crippen LogP contribution in [0.15, 0.2) is 0 Å². The molecule has 4 nitrogen and oxygen atoms in total. The highest BCUT2D eigenvalue weighted by Crippen LogP contribution is 2.13. The lowest BCUT2D eigenvalue weighted by Crippen LogP contribution is -2.43. The highest BCUT2D eigenvalue weighted by molar-refractivity contribution is 4.83. The molecular weight excluding hydrogens is 202 g/mol. The number of rotatable bonds is 7. The molecule has 4 heteroatoms. The van der Waals surface area contributed by atoms with Gasteiger partial charge in [-0.3, -0.25) is 0 Å². The zero-order chi connectivity index (χ0) is 12.0. The third-order valence-corrected chi connectivity index (χ3v) is 3.36. The molecular formula is C12H27N3O. The summed E-state index contributed by atoms with van der Waals surface area (Å²) in [6.45, 7) is 6.66. The van der Waals surface area contributed by atoms with Gasteiger partial charge in [0.2, 0.25) is 0 Å². The van der Waals surface area contributed by atoms with Gasteiger partial charge in [-0.25, -0.2) is 0 Å².